The maximum absolute atomic E-state index is 11.3. The van der Waals surface area contributed by atoms with Crippen LogP contribution in [0.3, 0.4) is 0 Å². The van der Waals surface area contributed by atoms with Gasteiger partial charge in [-0.15, -0.1) is 11.6 Å². The predicted octanol–water partition coefficient (Wildman–Crippen LogP) is 3.41. The summed E-state index contributed by atoms with van der Waals surface area (Å²) in [6.45, 7) is 0. The maximum Gasteiger partial charge on any atom is 0.337 e. The van der Waals surface area contributed by atoms with E-state index >= 15 is 0 Å². The van der Waals surface area contributed by atoms with Crippen LogP contribution in [0.15, 0.2) is 22.7 Å². The molecule has 0 aliphatic rings. The van der Waals surface area contributed by atoms with Crippen LogP contribution in [-0.2, 0) is 11.2 Å². The van der Waals surface area contributed by atoms with Gasteiger partial charge in [0, 0.05) is 10.4 Å². The van der Waals surface area contributed by atoms with Crippen LogP contribution in [0.5, 0.6) is 0 Å². The van der Waals surface area contributed by atoms with Crippen LogP contribution in [0.4, 0.5) is 0 Å². The quantitative estimate of drug-likeness (QED) is 0.628. The van der Waals surface area contributed by atoms with Gasteiger partial charge in [-0.25, -0.2) is 4.79 Å². The summed E-state index contributed by atoms with van der Waals surface area (Å²) in [5.74, 6) is 0.309. The molecule has 1 aromatic carbocycles. The van der Waals surface area contributed by atoms with Gasteiger partial charge < -0.3 is 4.74 Å². The minimum absolute atomic E-state index is 0.316. The van der Waals surface area contributed by atoms with Crippen molar-refractivity contribution in [1.29, 1.82) is 0 Å². The highest BCUT2D eigenvalue weighted by Gasteiger charge is 2.07. The zero-order valence-corrected chi connectivity index (χ0v) is 10.8. The third-order valence-corrected chi connectivity index (χ3v) is 2.70. The highest BCUT2D eigenvalue weighted by molar-refractivity contribution is 9.10. The van der Waals surface area contributed by atoms with Crippen molar-refractivity contribution < 1.29 is 9.53 Å². The fourth-order valence-electron chi connectivity index (χ4n) is 1.30. The van der Waals surface area contributed by atoms with Gasteiger partial charge in [0.05, 0.1) is 12.7 Å². The zero-order chi connectivity index (χ0) is 11.3. The Balaban J connectivity index is 2.89. The molecule has 4 heteroatoms. The van der Waals surface area contributed by atoms with Gasteiger partial charge in [0.25, 0.3) is 0 Å². The third kappa shape index (κ3) is 3.84. The van der Waals surface area contributed by atoms with E-state index in [1.807, 2.05) is 12.1 Å². The summed E-state index contributed by atoms with van der Waals surface area (Å²) in [6.07, 6.45) is 1.77. The van der Waals surface area contributed by atoms with Crippen LogP contribution in [0.25, 0.3) is 0 Å². The SMILES string of the molecule is COC(=O)c1cc(Br)cc(CCCCl)c1. The van der Waals surface area contributed by atoms with E-state index in [-0.39, 0.29) is 5.97 Å². The molecule has 0 N–H and O–H groups in total. The van der Waals surface area contributed by atoms with E-state index in [1.54, 1.807) is 6.07 Å². The third-order valence-electron chi connectivity index (χ3n) is 1.98. The Labute approximate surface area is 103 Å². The zero-order valence-electron chi connectivity index (χ0n) is 8.43. The number of rotatable bonds is 4. The molecular weight excluding hydrogens is 279 g/mol. The molecule has 0 saturated carbocycles. The Morgan fingerprint density at radius 3 is 2.80 bits per heavy atom. The van der Waals surface area contributed by atoms with Crippen molar-refractivity contribution in [3.8, 4) is 0 Å². The number of methoxy groups -OCH3 is 1. The summed E-state index contributed by atoms with van der Waals surface area (Å²) >= 11 is 8.98. The van der Waals surface area contributed by atoms with Gasteiger partial charge in [0.2, 0.25) is 0 Å². The number of benzene rings is 1. The number of carbonyl (C=O) groups excluding carboxylic acids is 1. The van der Waals surface area contributed by atoms with Crippen LogP contribution >= 0.6 is 27.5 Å². The lowest BCUT2D eigenvalue weighted by molar-refractivity contribution is 0.0600. The monoisotopic (exact) mass is 290 g/mol. The standard InChI is InChI=1S/C11H12BrClO2/c1-15-11(14)9-5-8(3-2-4-13)6-10(12)7-9/h5-7H,2-4H2,1H3. The summed E-state index contributed by atoms with van der Waals surface area (Å²) in [6, 6.07) is 5.57. The Morgan fingerprint density at radius 2 is 2.20 bits per heavy atom. The van der Waals surface area contributed by atoms with Crippen LogP contribution in [0, 0.1) is 0 Å². The number of ether oxygens (including phenoxy) is 1. The van der Waals surface area contributed by atoms with E-state index in [4.69, 9.17) is 11.6 Å². The molecule has 0 heterocycles. The largest absolute Gasteiger partial charge is 0.465 e. The number of hydrogen-bond donors (Lipinski definition) is 0. The molecule has 0 atom stereocenters. The molecule has 82 valence electrons. The van der Waals surface area contributed by atoms with Crippen LogP contribution in [-0.4, -0.2) is 19.0 Å². The topological polar surface area (TPSA) is 26.3 Å². The first-order chi connectivity index (χ1) is 7.17. The fourth-order valence-corrected chi connectivity index (χ4v) is 1.98. The second-order valence-corrected chi connectivity index (χ2v) is 4.43. The lowest BCUT2D eigenvalue weighted by Gasteiger charge is -2.04. The van der Waals surface area contributed by atoms with Crippen LogP contribution in [0.1, 0.15) is 22.3 Å². The number of carbonyl (C=O) groups is 1. The molecule has 0 spiro atoms. The molecule has 1 rings (SSSR count). The van der Waals surface area contributed by atoms with Gasteiger partial charge in [-0.2, -0.15) is 0 Å². The Morgan fingerprint density at radius 1 is 1.47 bits per heavy atom. The molecule has 15 heavy (non-hydrogen) atoms. The maximum atomic E-state index is 11.3. The lowest BCUT2D eigenvalue weighted by Crippen LogP contribution is -2.02. The minimum atomic E-state index is -0.316. The predicted molar refractivity (Wildman–Crippen MR) is 64.5 cm³/mol. The molecule has 0 bridgehead atoms. The normalized spacial score (nSPS) is 10.1. The number of esters is 1. The van der Waals surface area contributed by atoms with Crippen molar-refractivity contribution in [2.75, 3.05) is 13.0 Å². The molecule has 0 aliphatic carbocycles. The van der Waals surface area contributed by atoms with E-state index in [9.17, 15) is 4.79 Å². The minimum Gasteiger partial charge on any atom is -0.465 e. The summed E-state index contributed by atoms with van der Waals surface area (Å²) in [4.78, 5) is 11.3. The van der Waals surface area contributed by atoms with Gasteiger partial charge in [-0.3, -0.25) is 0 Å². The highest BCUT2D eigenvalue weighted by Crippen LogP contribution is 2.18. The van der Waals surface area contributed by atoms with Gasteiger partial charge in [-0.1, -0.05) is 15.9 Å². The highest BCUT2D eigenvalue weighted by atomic mass is 79.9. The van der Waals surface area contributed by atoms with Gasteiger partial charge in [-0.05, 0) is 36.6 Å². The molecule has 0 fully saturated rings. The van der Waals surface area contributed by atoms with E-state index in [1.165, 1.54) is 7.11 Å². The lowest BCUT2D eigenvalue weighted by atomic mass is 10.1. The van der Waals surface area contributed by atoms with Crippen molar-refractivity contribution in [2.45, 2.75) is 12.8 Å². The molecule has 0 unspecified atom stereocenters. The van der Waals surface area contributed by atoms with Crippen molar-refractivity contribution in [3.63, 3.8) is 0 Å². The molecule has 2 nitrogen and oxygen atoms in total. The summed E-state index contributed by atoms with van der Waals surface area (Å²) in [5.41, 5.74) is 1.65. The van der Waals surface area contributed by atoms with Crippen LogP contribution in [0.2, 0.25) is 0 Å². The van der Waals surface area contributed by atoms with E-state index in [0.717, 1.165) is 22.9 Å². The van der Waals surface area contributed by atoms with Crippen molar-refractivity contribution in [1.82, 2.24) is 0 Å². The first-order valence-electron chi connectivity index (χ1n) is 4.61. The molecule has 0 aliphatic heterocycles. The summed E-state index contributed by atoms with van der Waals surface area (Å²) < 4.78 is 5.55. The Bertz CT molecular complexity index is 352. The molecule has 1 aromatic rings. The summed E-state index contributed by atoms with van der Waals surface area (Å²) in [5, 5.41) is 0. The number of alkyl halides is 1. The first kappa shape index (κ1) is 12.5. The average molecular weight is 292 g/mol. The molecule has 0 aromatic heterocycles. The Hall–Kier alpha value is -0.540. The number of halogens is 2. The van der Waals surface area contributed by atoms with Crippen molar-refractivity contribution >= 4 is 33.5 Å². The van der Waals surface area contributed by atoms with Crippen LogP contribution < -0.4 is 0 Å². The van der Waals surface area contributed by atoms with Crippen molar-refractivity contribution in [2.24, 2.45) is 0 Å². The van der Waals surface area contributed by atoms with E-state index in [0.29, 0.717) is 11.4 Å². The number of hydrogen-bond acceptors (Lipinski definition) is 2. The van der Waals surface area contributed by atoms with Gasteiger partial charge in [0.1, 0.15) is 0 Å². The second-order valence-electron chi connectivity index (χ2n) is 3.13. The van der Waals surface area contributed by atoms with Gasteiger partial charge >= 0.3 is 5.97 Å². The number of aryl methyl sites for hydroxylation is 1. The molecule has 0 radical (unpaired) electrons. The summed E-state index contributed by atoms with van der Waals surface area (Å²) in [7, 11) is 1.38. The molecule has 0 saturated heterocycles. The average Bonchev–Trinajstić information content (AvgIpc) is 2.24. The van der Waals surface area contributed by atoms with E-state index < -0.39 is 0 Å². The van der Waals surface area contributed by atoms with E-state index in [2.05, 4.69) is 20.7 Å². The Kier molecular flexibility index (Phi) is 5.12. The molecule has 0 amide bonds. The van der Waals surface area contributed by atoms with Crippen molar-refractivity contribution in [3.05, 3.63) is 33.8 Å². The second kappa shape index (κ2) is 6.13. The van der Waals surface area contributed by atoms with Gasteiger partial charge in [0.15, 0.2) is 0 Å². The first-order valence-corrected chi connectivity index (χ1v) is 5.94. The smallest absolute Gasteiger partial charge is 0.337 e. The fraction of sp³-hybridized carbons (Fsp3) is 0.364. The molecular formula is C11H12BrClO2.